The number of nitrogens with zero attached hydrogens (tertiary/aromatic N) is 2. The first kappa shape index (κ1) is 14.5. The normalized spacial score (nSPS) is 12.4. The zero-order chi connectivity index (χ0) is 14.4. The summed E-state index contributed by atoms with van der Waals surface area (Å²) in [6.07, 6.45) is 1.81. The average Bonchev–Trinajstić information content (AvgIpc) is 2.49. The highest BCUT2D eigenvalue weighted by Gasteiger charge is 2.19. The van der Waals surface area contributed by atoms with Crippen LogP contribution in [-0.4, -0.2) is 30.6 Å². The first-order chi connectivity index (χ1) is 9.76. The van der Waals surface area contributed by atoms with Crippen LogP contribution in [0.1, 0.15) is 17.3 Å². The number of benzene rings is 1. The Morgan fingerprint density at radius 2 is 1.95 bits per heavy atom. The minimum Gasteiger partial charge on any atom is -0.496 e. The van der Waals surface area contributed by atoms with Crippen molar-refractivity contribution in [1.29, 1.82) is 0 Å². The minimum atomic E-state index is 0.105. The van der Waals surface area contributed by atoms with Crippen LogP contribution in [-0.2, 0) is 6.54 Å². The number of rotatable bonds is 6. The minimum absolute atomic E-state index is 0.105. The highest BCUT2D eigenvalue weighted by Crippen LogP contribution is 2.28. The molecule has 4 nitrogen and oxygen atoms in total. The summed E-state index contributed by atoms with van der Waals surface area (Å²) in [5.41, 5.74) is 8.10. The number of likely N-dealkylation sites (N-methyl/N-ethyl adjacent to an activating group) is 1. The van der Waals surface area contributed by atoms with Gasteiger partial charge in [-0.05, 0) is 25.2 Å². The van der Waals surface area contributed by atoms with Crippen LogP contribution in [0.25, 0.3) is 0 Å². The Balaban J connectivity index is 2.19. The zero-order valence-electron chi connectivity index (χ0n) is 12.0. The van der Waals surface area contributed by atoms with Gasteiger partial charge < -0.3 is 10.5 Å². The summed E-state index contributed by atoms with van der Waals surface area (Å²) >= 11 is 0. The van der Waals surface area contributed by atoms with E-state index in [1.54, 1.807) is 7.11 Å². The molecule has 0 spiro atoms. The summed E-state index contributed by atoms with van der Waals surface area (Å²) in [4.78, 5) is 6.55. The van der Waals surface area contributed by atoms with Gasteiger partial charge in [-0.25, -0.2) is 0 Å². The van der Waals surface area contributed by atoms with E-state index < -0.39 is 0 Å². The van der Waals surface area contributed by atoms with Crippen molar-refractivity contribution in [3.8, 4) is 5.75 Å². The number of methoxy groups -OCH3 is 1. The summed E-state index contributed by atoms with van der Waals surface area (Å²) in [5, 5.41) is 0. The highest BCUT2D eigenvalue weighted by atomic mass is 16.5. The molecule has 4 heteroatoms. The molecule has 0 fully saturated rings. The molecule has 2 aromatic rings. The lowest BCUT2D eigenvalue weighted by atomic mass is 10.0. The lowest BCUT2D eigenvalue weighted by molar-refractivity contribution is 0.233. The van der Waals surface area contributed by atoms with Gasteiger partial charge in [-0.15, -0.1) is 0 Å². The molecule has 2 rings (SSSR count). The number of nitrogens with two attached hydrogens (primary N) is 1. The Labute approximate surface area is 120 Å². The molecule has 2 N–H and O–H groups in total. The molecule has 0 aliphatic carbocycles. The Bertz CT molecular complexity index is 530. The molecule has 0 radical (unpaired) electrons. The fourth-order valence-electron chi connectivity index (χ4n) is 2.34. The molecular formula is C16H21N3O. The van der Waals surface area contributed by atoms with E-state index >= 15 is 0 Å². The van der Waals surface area contributed by atoms with Crippen molar-refractivity contribution in [1.82, 2.24) is 9.88 Å². The van der Waals surface area contributed by atoms with E-state index in [4.69, 9.17) is 10.5 Å². The van der Waals surface area contributed by atoms with E-state index in [2.05, 4.69) is 23.0 Å². The SMILES string of the molecule is COc1ccccc1C(CN)N(C)Cc1ccccn1. The van der Waals surface area contributed by atoms with Gasteiger partial charge in [0.15, 0.2) is 0 Å². The van der Waals surface area contributed by atoms with Crippen LogP contribution < -0.4 is 10.5 Å². The molecule has 0 saturated heterocycles. The number of pyridine rings is 1. The molecule has 0 aliphatic rings. The Morgan fingerprint density at radius 3 is 2.60 bits per heavy atom. The molecular weight excluding hydrogens is 250 g/mol. The molecule has 1 aromatic heterocycles. The first-order valence-electron chi connectivity index (χ1n) is 6.69. The predicted octanol–water partition coefficient (Wildman–Crippen LogP) is 2.22. The van der Waals surface area contributed by atoms with Crippen LogP contribution in [0.2, 0.25) is 0 Å². The van der Waals surface area contributed by atoms with Gasteiger partial charge in [0.25, 0.3) is 0 Å². The molecule has 0 aliphatic heterocycles. The summed E-state index contributed by atoms with van der Waals surface area (Å²) < 4.78 is 5.43. The Morgan fingerprint density at radius 1 is 1.20 bits per heavy atom. The fourth-order valence-corrected chi connectivity index (χ4v) is 2.34. The molecule has 0 amide bonds. The number of ether oxygens (including phenoxy) is 1. The van der Waals surface area contributed by atoms with Gasteiger partial charge in [0.2, 0.25) is 0 Å². The van der Waals surface area contributed by atoms with Gasteiger partial charge in [-0.1, -0.05) is 24.3 Å². The van der Waals surface area contributed by atoms with Crippen molar-refractivity contribution in [3.63, 3.8) is 0 Å². The van der Waals surface area contributed by atoms with E-state index in [0.717, 1.165) is 23.6 Å². The summed E-state index contributed by atoms with van der Waals surface area (Å²) in [6, 6.07) is 14.0. The van der Waals surface area contributed by atoms with E-state index in [0.29, 0.717) is 6.54 Å². The topological polar surface area (TPSA) is 51.4 Å². The largest absolute Gasteiger partial charge is 0.496 e. The number of aromatic nitrogens is 1. The number of hydrogen-bond acceptors (Lipinski definition) is 4. The van der Waals surface area contributed by atoms with Crippen LogP contribution in [0.5, 0.6) is 5.75 Å². The van der Waals surface area contributed by atoms with Crippen LogP contribution >= 0.6 is 0 Å². The van der Waals surface area contributed by atoms with E-state index in [-0.39, 0.29) is 6.04 Å². The van der Waals surface area contributed by atoms with E-state index in [1.165, 1.54) is 0 Å². The third-order valence-corrected chi connectivity index (χ3v) is 3.39. The number of hydrogen-bond donors (Lipinski definition) is 1. The maximum absolute atomic E-state index is 5.97. The van der Waals surface area contributed by atoms with Gasteiger partial charge in [-0.2, -0.15) is 0 Å². The van der Waals surface area contributed by atoms with Crippen LogP contribution in [0.4, 0.5) is 0 Å². The van der Waals surface area contributed by atoms with Gasteiger partial charge in [0, 0.05) is 24.8 Å². The van der Waals surface area contributed by atoms with E-state index in [9.17, 15) is 0 Å². The van der Waals surface area contributed by atoms with Crippen molar-refractivity contribution in [3.05, 3.63) is 59.9 Å². The van der Waals surface area contributed by atoms with Crippen molar-refractivity contribution < 1.29 is 4.74 Å². The summed E-state index contributed by atoms with van der Waals surface area (Å²) in [7, 11) is 3.74. The molecule has 1 unspecified atom stereocenters. The maximum atomic E-state index is 5.97. The average molecular weight is 271 g/mol. The van der Waals surface area contributed by atoms with Crippen molar-refractivity contribution >= 4 is 0 Å². The van der Waals surface area contributed by atoms with Crippen LogP contribution in [0.3, 0.4) is 0 Å². The second-order valence-electron chi connectivity index (χ2n) is 4.73. The van der Waals surface area contributed by atoms with Gasteiger partial charge >= 0.3 is 0 Å². The van der Waals surface area contributed by atoms with Gasteiger partial charge in [0.1, 0.15) is 5.75 Å². The predicted molar refractivity (Wildman–Crippen MR) is 80.5 cm³/mol. The van der Waals surface area contributed by atoms with Crippen molar-refractivity contribution in [2.75, 3.05) is 20.7 Å². The molecule has 20 heavy (non-hydrogen) atoms. The second kappa shape index (κ2) is 7.03. The molecule has 106 valence electrons. The first-order valence-corrected chi connectivity index (χ1v) is 6.69. The molecule has 0 bridgehead atoms. The molecule has 1 aromatic carbocycles. The quantitative estimate of drug-likeness (QED) is 0.875. The van der Waals surface area contributed by atoms with Crippen molar-refractivity contribution in [2.45, 2.75) is 12.6 Å². The highest BCUT2D eigenvalue weighted by molar-refractivity contribution is 5.36. The smallest absolute Gasteiger partial charge is 0.123 e. The summed E-state index contributed by atoms with van der Waals surface area (Å²) in [5.74, 6) is 0.871. The summed E-state index contributed by atoms with van der Waals surface area (Å²) in [6.45, 7) is 1.28. The number of para-hydroxylation sites is 1. The Kier molecular flexibility index (Phi) is 5.09. The van der Waals surface area contributed by atoms with Crippen LogP contribution in [0.15, 0.2) is 48.7 Å². The standard InChI is InChI=1S/C16H21N3O/c1-19(12-13-7-5-6-10-18-13)15(11-17)14-8-3-4-9-16(14)20-2/h3-10,15H,11-12,17H2,1-2H3. The molecule has 1 atom stereocenters. The fraction of sp³-hybridized carbons (Fsp3) is 0.312. The second-order valence-corrected chi connectivity index (χ2v) is 4.73. The third kappa shape index (κ3) is 3.35. The van der Waals surface area contributed by atoms with Crippen molar-refractivity contribution in [2.24, 2.45) is 5.73 Å². The lowest BCUT2D eigenvalue weighted by Gasteiger charge is -2.28. The monoisotopic (exact) mass is 271 g/mol. The maximum Gasteiger partial charge on any atom is 0.123 e. The van der Waals surface area contributed by atoms with Gasteiger partial charge in [-0.3, -0.25) is 9.88 Å². The van der Waals surface area contributed by atoms with Crippen LogP contribution in [0, 0.1) is 0 Å². The zero-order valence-corrected chi connectivity index (χ0v) is 12.0. The Hall–Kier alpha value is -1.91. The molecule has 0 saturated carbocycles. The third-order valence-electron chi connectivity index (χ3n) is 3.39. The molecule has 1 heterocycles. The van der Waals surface area contributed by atoms with E-state index in [1.807, 2.05) is 42.6 Å². The van der Waals surface area contributed by atoms with Gasteiger partial charge in [0.05, 0.1) is 18.8 Å². The lowest BCUT2D eigenvalue weighted by Crippen LogP contribution is -2.30.